The summed E-state index contributed by atoms with van der Waals surface area (Å²) in [6.07, 6.45) is 0. The summed E-state index contributed by atoms with van der Waals surface area (Å²) >= 11 is 0. The Hall–Kier alpha value is -2.18. The standard InChI is InChI=1S/C7H8N4O3/c1-4(7(13)14)8-9-5-2-3-6(12)11-10-5/h2-3H,1H3,(H,9,10)(H,11,12)(H,13,14)/b8-4-. The molecular formula is C7H8N4O3. The molecular weight excluding hydrogens is 188 g/mol. The topological polar surface area (TPSA) is 107 Å². The summed E-state index contributed by atoms with van der Waals surface area (Å²) in [7, 11) is 0. The number of aliphatic carboxylic acids is 1. The van der Waals surface area contributed by atoms with Crippen molar-refractivity contribution in [1.82, 2.24) is 10.2 Å². The van der Waals surface area contributed by atoms with Crippen molar-refractivity contribution in [2.45, 2.75) is 6.92 Å². The van der Waals surface area contributed by atoms with Gasteiger partial charge in [-0.15, -0.1) is 0 Å². The van der Waals surface area contributed by atoms with Crippen LogP contribution in [0.25, 0.3) is 0 Å². The molecule has 3 N–H and O–H groups in total. The summed E-state index contributed by atoms with van der Waals surface area (Å²) in [6.45, 7) is 1.33. The molecule has 0 fully saturated rings. The van der Waals surface area contributed by atoms with Gasteiger partial charge in [-0.1, -0.05) is 0 Å². The Bertz CT molecular complexity index is 403. The van der Waals surface area contributed by atoms with E-state index in [1.807, 2.05) is 0 Å². The average Bonchev–Trinajstić information content (AvgIpc) is 2.16. The van der Waals surface area contributed by atoms with Crippen LogP contribution < -0.4 is 11.0 Å². The van der Waals surface area contributed by atoms with Crippen LogP contribution in [-0.4, -0.2) is 27.0 Å². The van der Waals surface area contributed by atoms with Gasteiger partial charge >= 0.3 is 5.97 Å². The zero-order valence-corrected chi connectivity index (χ0v) is 7.31. The summed E-state index contributed by atoms with van der Waals surface area (Å²) in [4.78, 5) is 20.9. The molecule has 74 valence electrons. The minimum Gasteiger partial charge on any atom is -0.477 e. The Labute approximate surface area is 78.5 Å². The summed E-state index contributed by atoms with van der Waals surface area (Å²) in [6, 6.07) is 2.64. The maximum Gasteiger partial charge on any atom is 0.351 e. The fourth-order valence-electron chi connectivity index (χ4n) is 0.596. The van der Waals surface area contributed by atoms with Crippen molar-refractivity contribution in [1.29, 1.82) is 0 Å². The van der Waals surface area contributed by atoms with Gasteiger partial charge in [0.05, 0.1) is 0 Å². The van der Waals surface area contributed by atoms with E-state index in [2.05, 4.69) is 20.7 Å². The highest BCUT2D eigenvalue weighted by atomic mass is 16.4. The second-order valence-corrected chi connectivity index (χ2v) is 2.42. The number of hydrazone groups is 1. The first-order valence-corrected chi connectivity index (χ1v) is 3.69. The van der Waals surface area contributed by atoms with Crippen LogP contribution in [0.1, 0.15) is 6.92 Å². The maximum absolute atomic E-state index is 10.6. The molecule has 1 rings (SSSR count). The van der Waals surface area contributed by atoms with Crippen molar-refractivity contribution >= 4 is 17.5 Å². The van der Waals surface area contributed by atoms with E-state index in [1.165, 1.54) is 19.1 Å². The maximum atomic E-state index is 10.6. The van der Waals surface area contributed by atoms with Crippen LogP contribution in [0.4, 0.5) is 5.82 Å². The number of carboxylic acid groups (broad SMARTS) is 1. The zero-order valence-electron chi connectivity index (χ0n) is 7.31. The molecule has 0 amide bonds. The van der Waals surface area contributed by atoms with E-state index < -0.39 is 5.97 Å². The van der Waals surface area contributed by atoms with Gasteiger partial charge in [0.15, 0.2) is 5.82 Å². The fourth-order valence-corrected chi connectivity index (χ4v) is 0.596. The second kappa shape index (κ2) is 4.17. The van der Waals surface area contributed by atoms with Crippen molar-refractivity contribution in [2.24, 2.45) is 5.10 Å². The van der Waals surface area contributed by atoms with Gasteiger partial charge in [0.25, 0.3) is 5.56 Å². The summed E-state index contributed by atoms with van der Waals surface area (Å²) in [5.74, 6) is -0.855. The molecule has 1 aromatic heterocycles. The van der Waals surface area contributed by atoms with E-state index in [0.717, 1.165) is 0 Å². The fraction of sp³-hybridized carbons (Fsp3) is 0.143. The van der Waals surface area contributed by atoms with Gasteiger partial charge in [0, 0.05) is 6.07 Å². The molecule has 0 bridgehead atoms. The number of hydrogen-bond donors (Lipinski definition) is 3. The molecule has 0 unspecified atom stereocenters. The number of nitrogens with zero attached hydrogens (tertiary/aromatic N) is 2. The van der Waals surface area contributed by atoms with E-state index in [0.29, 0.717) is 0 Å². The van der Waals surface area contributed by atoms with Crippen LogP contribution in [0.5, 0.6) is 0 Å². The third-order valence-electron chi connectivity index (χ3n) is 1.33. The smallest absolute Gasteiger partial charge is 0.351 e. The molecule has 0 aliphatic heterocycles. The second-order valence-electron chi connectivity index (χ2n) is 2.42. The van der Waals surface area contributed by atoms with E-state index >= 15 is 0 Å². The molecule has 0 spiro atoms. The molecule has 0 aliphatic rings. The largest absolute Gasteiger partial charge is 0.477 e. The lowest BCUT2D eigenvalue weighted by molar-refractivity contribution is -0.129. The van der Waals surface area contributed by atoms with Gasteiger partial charge in [-0.05, 0) is 13.0 Å². The van der Waals surface area contributed by atoms with E-state index in [-0.39, 0.29) is 17.1 Å². The Morgan fingerprint density at radius 3 is 2.86 bits per heavy atom. The van der Waals surface area contributed by atoms with Crippen LogP contribution in [0.3, 0.4) is 0 Å². The normalized spacial score (nSPS) is 11.1. The average molecular weight is 196 g/mol. The van der Waals surface area contributed by atoms with Crippen LogP contribution in [-0.2, 0) is 4.79 Å². The van der Waals surface area contributed by atoms with Crippen LogP contribution in [0, 0.1) is 0 Å². The predicted octanol–water partition coefficient (Wildman–Crippen LogP) is -0.358. The summed E-state index contributed by atoms with van der Waals surface area (Å²) in [5.41, 5.74) is 1.94. The molecule has 0 saturated carbocycles. The number of anilines is 1. The SMILES string of the molecule is C/C(=N/Nc1ccc(=O)[nH]n1)C(=O)O. The van der Waals surface area contributed by atoms with Crippen molar-refractivity contribution in [2.75, 3.05) is 5.43 Å². The predicted molar refractivity (Wildman–Crippen MR) is 49.2 cm³/mol. The van der Waals surface area contributed by atoms with Gasteiger partial charge in [-0.2, -0.15) is 10.2 Å². The van der Waals surface area contributed by atoms with Gasteiger partial charge in [0.1, 0.15) is 5.71 Å². The quantitative estimate of drug-likeness (QED) is 0.452. The molecule has 7 nitrogen and oxygen atoms in total. The monoisotopic (exact) mass is 196 g/mol. The first kappa shape index (κ1) is 9.90. The number of rotatable bonds is 3. The Balaban J connectivity index is 2.71. The number of H-pyrrole nitrogens is 1. The number of aromatic amines is 1. The molecule has 1 aromatic rings. The molecule has 0 aromatic carbocycles. The first-order chi connectivity index (χ1) is 6.59. The Kier molecular flexibility index (Phi) is 2.95. The Morgan fingerprint density at radius 2 is 2.36 bits per heavy atom. The number of nitrogens with one attached hydrogen (secondary N) is 2. The highest BCUT2D eigenvalue weighted by Crippen LogP contribution is 1.95. The third kappa shape index (κ3) is 2.70. The molecule has 7 heteroatoms. The molecule has 1 heterocycles. The van der Waals surface area contributed by atoms with E-state index in [4.69, 9.17) is 5.11 Å². The number of aromatic nitrogens is 2. The first-order valence-electron chi connectivity index (χ1n) is 3.69. The number of hydrogen-bond acceptors (Lipinski definition) is 5. The molecule has 0 aliphatic carbocycles. The third-order valence-corrected chi connectivity index (χ3v) is 1.33. The van der Waals surface area contributed by atoms with Crippen molar-refractivity contribution in [3.05, 3.63) is 22.5 Å². The molecule has 0 saturated heterocycles. The van der Waals surface area contributed by atoms with Crippen LogP contribution in [0.2, 0.25) is 0 Å². The van der Waals surface area contributed by atoms with Crippen LogP contribution >= 0.6 is 0 Å². The summed E-state index contributed by atoms with van der Waals surface area (Å²) in [5, 5.41) is 17.7. The van der Waals surface area contributed by atoms with Crippen LogP contribution in [0.15, 0.2) is 22.0 Å². The lowest BCUT2D eigenvalue weighted by atomic mass is 10.4. The van der Waals surface area contributed by atoms with E-state index in [1.54, 1.807) is 0 Å². The Morgan fingerprint density at radius 1 is 1.64 bits per heavy atom. The van der Waals surface area contributed by atoms with E-state index in [9.17, 15) is 9.59 Å². The summed E-state index contributed by atoms with van der Waals surface area (Å²) < 4.78 is 0. The van der Waals surface area contributed by atoms with Gasteiger partial charge in [-0.3, -0.25) is 10.2 Å². The molecule has 14 heavy (non-hydrogen) atoms. The van der Waals surface area contributed by atoms with Crippen molar-refractivity contribution in [3.63, 3.8) is 0 Å². The van der Waals surface area contributed by atoms with Gasteiger partial charge < -0.3 is 5.11 Å². The molecule has 0 radical (unpaired) electrons. The van der Waals surface area contributed by atoms with Crippen molar-refractivity contribution in [3.8, 4) is 0 Å². The minimum atomic E-state index is -1.12. The van der Waals surface area contributed by atoms with Gasteiger partial charge in [0.2, 0.25) is 0 Å². The minimum absolute atomic E-state index is 0.0991. The lowest BCUT2D eigenvalue weighted by Gasteiger charge is -1.97. The van der Waals surface area contributed by atoms with Crippen molar-refractivity contribution < 1.29 is 9.90 Å². The lowest BCUT2D eigenvalue weighted by Crippen LogP contribution is -2.12. The number of carboxylic acids is 1. The number of carbonyl (C=O) groups is 1. The molecule has 0 atom stereocenters. The zero-order chi connectivity index (χ0) is 10.6. The highest BCUT2D eigenvalue weighted by molar-refractivity contribution is 6.34. The van der Waals surface area contributed by atoms with Gasteiger partial charge in [-0.25, -0.2) is 9.89 Å². The highest BCUT2D eigenvalue weighted by Gasteiger charge is 2.00.